The summed E-state index contributed by atoms with van der Waals surface area (Å²) in [7, 11) is 0. The molecule has 0 aromatic carbocycles. The lowest BCUT2D eigenvalue weighted by atomic mass is 10.3. The molecule has 1 aliphatic rings. The molecule has 0 saturated carbocycles. The molecule has 1 rings (SSSR count). The van der Waals surface area contributed by atoms with E-state index in [0.29, 0.717) is 13.0 Å². The summed E-state index contributed by atoms with van der Waals surface area (Å²) in [6.07, 6.45) is 4.23. The van der Waals surface area contributed by atoms with Crippen LogP contribution in [0.3, 0.4) is 0 Å². The molecular formula is C16H23F3N2O2. The zero-order chi connectivity index (χ0) is 17.1. The quantitative estimate of drug-likeness (QED) is 0.389. The van der Waals surface area contributed by atoms with Gasteiger partial charge >= 0.3 is 6.36 Å². The summed E-state index contributed by atoms with van der Waals surface area (Å²) in [6.45, 7) is 6.66. The van der Waals surface area contributed by atoms with Crippen LogP contribution in [0.25, 0.3) is 0 Å². The van der Waals surface area contributed by atoms with Crippen molar-refractivity contribution in [1.29, 1.82) is 0 Å². The van der Waals surface area contributed by atoms with Crippen LogP contribution >= 0.6 is 0 Å². The first-order chi connectivity index (χ1) is 10.9. The largest absolute Gasteiger partial charge is 0.573 e. The number of hydrogen-bond acceptors (Lipinski definition) is 4. The molecule has 0 N–H and O–H groups in total. The van der Waals surface area contributed by atoms with Gasteiger partial charge in [-0.15, -0.1) is 13.2 Å². The van der Waals surface area contributed by atoms with E-state index in [9.17, 15) is 18.0 Å². The molecule has 1 heterocycles. The van der Waals surface area contributed by atoms with E-state index in [4.69, 9.17) is 0 Å². The molecule has 0 aromatic heterocycles. The number of rotatable bonds is 8. The van der Waals surface area contributed by atoms with E-state index in [1.807, 2.05) is 6.08 Å². The molecule has 0 radical (unpaired) electrons. The van der Waals surface area contributed by atoms with Gasteiger partial charge in [0.2, 0.25) is 0 Å². The van der Waals surface area contributed by atoms with Crippen LogP contribution in [0.4, 0.5) is 13.2 Å². The summed E-state index contributed by atoms with van der Waals surface area (Å²) in [6, 6.07) is 0. The van der Waals surface area contributed by atoms with Crippen molar-refractivity contribution in [3.63, 3.8) is 0 Å². The normalized spacial score (nSPS) is 18.9. The number of carbonyl (C=O) groups excluding carboxylic acids is 1. The van der Waals surface area contributed by atoms with Crippen molar-refractivity contribution in [3.05, 3.63) is 36.1 Å². The van der Waals surface area contributed by atoms with Gasteiger partial charge in [-0.25, -0.2) is 0 Å². The average molecular weight is 332 g/mol. The Balaban J connectivity index is 2.37. The molecule has 1 fully saturated rings. The Kier molecular flexibility index (Phi) is 8.65. The van der Waals surface area contributed by atoms with Gasteiger partial charge in [0.15, 0.2) is 0 Å². The Morgan fingerprint density at radius 1 is 1.17 bits per heavy atom. The first-order valence-corrected chi connectivity index (χ1v) is 7.58. The van der Waals surface area contributed by atoms with Crippen LogP contribution in [-0.4, -0.2) is 61.7 Å². The number of hydrogen-bond donors (Lipinski definition) is 0. The number of ether oxygens (including phenoxy) is 1. The molecule has 130 valence electrons. The van der Waals surface area contributed by atoms with E-state index in [1.54, 1.807) is 13.0 Å². The van der Waals surface area contributed by atoms with Gasteiger partial charge in [0.05, 0.1) is 0 Å². The summed E-state index contributed by atoms with van der Waals surface area (Å²) in [5.74, 6) is -0.241. The Labute approximate surface area is 134 Å². The lowest BCUT2D eigenvalue weighted by molar-refractivity contribution is -0.303. The minimum atomic E-state index is -4.68. The number of allylic oxidation sites excluding steroid dienone is 4. The molecule has 1 saturated heterocycles. The van der Waals surface area contributed by atoms with Crippen LogP contribution in [0, 0.1) is 0 Å². The third-order valence-electron chi connectivity index (χ3n) is 3.35. The zero-order valence-electron chi connectivity index (χ0n) is 13.3. The fourth-order valence-electron chi connectivity index (χ4n) is 2.23. The standard InChI is InChI=1S/C16H23F3N2O2/c1-2-6-15(23-16(17,18)19)7-3-4-8-20-10-12-21(13-11-20)9-5-14-22/h2-4,6-7,14H,5,8-13H2,1H3/b4-3?,6-2-,15-7+. The highest BCUT2D eigenvalue weighted by molar-refractivity contribution is 5.49. The predicted molar refractivity (Wildman–Crippen MR) is 82.7 cm³/mol. The summed E-state index contributed by atoms with van der Waals surface area (Å²) < 4.78 is 40.5. The highest BCUT2D eigenvalue weighted by Crippen LogP contribution is 2.21. The van der Waals surface area contributed by atoms with E-state index in [1.165, 1.54) is 18.2 Å². The molecule has 0 atom stereocenters. The van der Waals surface area contributed by atoms with Gasteiger partial charge in [-0.2, -0.15) is 0 Å². The molecule has 23 heavy (non-hydrogen) atoms. The van der Waals surface area contributed by atoms with Crippen molar-refractivity contribution in [2.75, 3.05) is 39.3 Å². The van der Waals surface area contributed by atoms with E-state index in [2.05, 4.69) is 14.5 Å². The third kappa shape index (κ3) is 9.20. The molecule has 0 amide bonds. The topological polar surface area (TPSA) is 32.8 Å². The minimum Gasteiger partial charge on any atom is -0.406 e. The van der Waals surface area contributed by atoms with Crippen LogP contribution in [0.1, 0.15) is 13.3 Å². The molecule has 0 bridgehead atoms. The third-order valence-corrected chi connectivity index (χ3v) is 3.35. The highest BCUT2D eigenvalue weighted by Gasteiger charge is 2.31. The van der Waals surface area contributed by atoms with Crippen LogP contribution in [-0.2, 0) is 9.53 Å². The van der Waals surface area contributed by atoms with Crippen LogP contribution in [0.5, 0.6) is 0 Å². The van der Waals surface area contributed by atoms with Crippen LogP contribution in [0.15, 0.2) is 36.1 Å². The number of carbonyl (C=O) groups is 1. The summed E-state index contributed by atoms with van der Waals surface area (Å²) in [5.41, 5.74) is 0. The van der Waals surface area contributed by atoms with Crippen LogP contribution in [0.2, 0.25) is 0 Å². The van der Waals surface area contributed by atoms with Crippen molar-refractivity contribution >= 4 is 6.29 Å². The number of nitrogens with zero attached hydrogens (tertiary/aromatic N) is 2. The molecule has 1 aliphatic heterocycles. The van der Waals surface area contributed by atoms with E-state index >= 15 is 0 Å². The van der Waals surface area contributed by atoms with Gasteiger partial charge in [0.25, 0.3) is 0 Å². The Bertz CT molecular complexity index is 437. The van der Waals surface area contributed by atoms with Gasteiger partial charge < -0.3 is 14.4 Å². The minimum absolute atomic E-state index is 0.241. The predicted octanol–water partition coefficient (Wildman–Crippen LogP) is 2.75. The van der Waals surface area contributed by atoms with E-state index in [-0.39, 0.29) is 5.76 Å². The second-order valence-electron chi connectivity index (χ2n) is 5.14. The van der Waals surface area contributed by atoms with Gasteiger partial charge in [-0.3, -0.25) is 4.90 Å². The molecule has 0 spiro atoms. The van der Waals surface area contributed by atoms with Gasteiger partial charge in [-0.05, 0) is 19.1 Å². The maximum Gasteiger partial charge on any atom is 0.573 e. The second kappa shape index (κ2) is 10.2. The van der Waals surface area contributed by atoms with Crippen molar-refractivity contribution in [2.45, 2.75) is 19.7 Å². The number of piperazine rings is 1. The Morgan fingerprint density at radius 3 is 2.39 bits per heavy atom. The maximum atomic E-state index is 12.2. The van der Waals surface area contributed by atoms with Crippen molar-refractivity contribution in [1.82, 2.24) is 9.80 Å². The number of alkyl halides is 3. The number of aldehydes is 1. The fourth-order valence-corrected chi connectivity index (χ4v) is 2.23. The Morgan fingerprint density at radius 2 is 1.83 bits per heavy atom. The molecule has 0 aliphatic carbocycles. The summed E-state index contributed by atoms with van der Waals surface area (Å²) in [4.78, 5) is 14.8. The van der Waals surface area contributed by atoms with Gasteiger partial charge in [0.1, 0.15) is 12.0 Å². The molecular weight excluding hydrogens is 309 g/mol. The summed E-state index contributed by atoms with van der Waals surface area (Å²) in [5, 5.41) is 0. The second-order valence-corrected chi connectivity index (χ2v) is 5.14. The van der Waals surface area contributed by atoms with Crippen LogP contribution < -0.4 is 0 Å². The molecule has 0 aromatic rings. The van der Waals surface area contributed by atoms with Crippen molar-refractivity contribution in [3.8, 4) is 0 Å². The first-order valence-electron chi connectivity index (χ1n) is 7.58. The summed E-state index contributed by atoms with van der Waals surface area (Å²) >= 11 is 0. The Hall–Kier alpha value is -1.60. The van der Waals surface area contributed by atoms with Gasteiger partial charge in [-0.1, -0.05) is 18.2 Å². The van der Waals surface area contributed by atoms with E-state index < -0.39 is 6.36 Å². The molecule has 7 heteroatoms. The maximum absolute atomic E-state index is 12.2. The van der Waals surface area contributed by atoms with E-state index in [0.717, 1.165) is 39.0 Å². The lowest BCUT2D eigenvalue weighted by Gasteiger charge is -2.33. The lowest BCUT2D eigenvalue weighted by Crippen LogP contribution is -2.46. The van der Waals surface area contributed by atoms with Gasteiger partial charge in [0, 0.05) is 45.7 Å². The monoisotopic (exact) mass is 332 g/mol. The SMILES string of the molecule is C/C=C\C(=C/C=CCN1CCN(CCC=O)CC1)OC(F)(F)F. The zero-order valence-corrected chi connectivity index (χ0v) is 13.3. The number of halogens is 3. The average Bonchev–Trinajstić information content (AvgIpc) is 2.49. The smallest absolute Gasteiger partial charge is 0.406 e. The van der Waals surface area contributed by atoms with Crippen molar-refractivity contribution < 1.29 is 22.7 Å². The first kappa shape index (κ1) is 19.4. The fraction of sp³-hybridized carbons (Fsp3) is 0.562. The molecule has 0 unspecified atom stereocenters. The molecule has 4 nitrogen and oxygen atoms in total. The highest BCUT2D eigenvalue weighted by atomic mass is 19.4. The van der Waals surface area contributed by atoms with Crippen molar-refractivity contribution in [2.24, 2.45) is 0 Å².